The molecule has 3 aliphatic rings. The third-order valence-electron chi connectivity index (χ3n) is 15.0. The highest BCUT2D eigenvalue weighted by molar-refractivity contribution is 7.94. The van der Waals surface area contributed by atoms with Gasteiger partial charge in [0, 0.05) is 84.4 Å². The molecule has 2 amide bonds. The lowest BCUT2D eigenvalue weighted by Crippen LogP contribution is -2.38. The molecule has 0 atom stereocenters. The van der Waals surface area contributed by atoms with Crippen LogP contribution in [0.1, 0.15) is 96.6 Å². The van der Waals surface area contributed by atoms with Crippen molar-refractivity contribution in [2.24, 2.45) is 0 Å². The van der Waals surface area contributed by atoms with Crippen LogP contribution in [-0.2, 0) is 64.2 Å². The highest BCUT2D eigenvalue weighted by Crippen LogP contribution is 2.52. The van der Waals surface area contributed by atoms with Crippen LogP contribution < -0.4 is 10.2 Å². The minimum Gasteiger partial charge on any atom is -0.379 e. The summed E-state index contributed by atoms with van der Waals surface area (Å²) in [7, 11) is -5.51. The standard InChI is InChI=1S/C59H73N5O14S3/c1-58(2)52(63(7)49-23-20-43-19-21-45(80(68,69)70)39-47(43)56(49)58)25-17-41-14-11-15-42(36-41)18-26-53-59(3,4)57-48-37-44(79-78-77-67)38-51(81(71,72)73)46(48)22-24-50(57)64(53)29-10-8-9-16-55(66)62(6)40-54(65)61-28-13-31-75-33-35-76-34-32-74-30-12-27-60-5/h17-26,36-39H,8-16,27-35,40H2,1-4,6-7H3,(H3-,61,65,67,68,69,70,71,72,73)/p+1. The van der Waals surface area contributed by atoms with Gasteiger partial charge in [0.05, 0.1) is 61.9 Å². The van der Waals surface area contributed by atoms with E-state index >= 15 is 0 Å². The summed E-state index contributed by atoms with van der Waals surface area (Å²) in [6, 6.07) is 15.2. The summed E-state index contributed by atoms with van der Waals surface area (Å²) in [5.74, 6) is -0.402. The van der Waals surface area contributed by atoms with Crippen molar-refractivity contribution in [1.29, 1.82) is 0 Å². The molecule has 4 aromatic rings. The number of benzene rings is 4. The minimum atomic E-state index is -4.72. The first-order chi connectivity index (χ1) is 38.6. The van der Waals surface area contributed by atoms with Gasteiger partial charge in [0.25, 0.3) is 20.2 Å². The molecular weight excluding hydrogens is 1100 g/mol. The van der Waals surface area contributed by atoms with Crippen molar-refractivity contribution in [2.45, 2.75) is 111 Å². The Kier molecular flexibility index (Phi) is 21.7. The highest BCUT2D eigenvalue weighted by atomic mass is 32.2. The molecule has 81 heavy (non-hydrogen) atoms. The number of allylic oxidation sites excluding steroid dienone is 8. The predicted molar refractivity (Wildman–Crippen MR) is 312 cm³/mol. The Morgan fingerprint density at radius 1 is 0.815 bits per heavy atom. The molecule has 0 unspecified atom stereocenters. The average molecular weight is 1170 g/mol. The molecule has 0 saturated heterocycles. The van der Waals surface area contributed by atoms with Crippen molar-refractivity contribution in [3.8, 4) is 0 Å². The molecule has 1 aliphatic carbocycles. The van der Waals surface area contributed by atoms with Crippen LogP contribution in [0.15, 0.2) is 117 Å². The molecule has 4 aromatic carbocycles. The Morgan fingerprint density at radius 2 is 1.53 bits per heavy atom. The number of rotatable bonds is 29. The first kappa shape index (κ1) is 62.8. The zero-order valence-electron chi connectivity index (χ0n) is 46.9. The van der Waals surface area contributed by atoms with Crippen LogP contribution in [0.4, 0.5) is 11.4 Å². The van der Waals surface area contributed by atoms with Crippen LogP contribution in [0.5, 0.6) is 0 Å². The number of hydrogen-bond donors (Lipinski definition) is 4. The number of anilines is 1. The Hall–Kier alpha value is -5.81. The molecule has 2 heterocycles. The van der Waals surface area contributed by atoms with Gasteiger partial charge in [-0.2, -0.15) is 21.4 Å². The van der Waals surface area contributed by atoms with Gasteiger partial charge in [-0.25, -0.2) is 11.8 Å². The molecule has 7 rings (SSSR count). The van der Waals surface area contributed by atoms with E-state index in [-0.39, 0.29) is 39.5 Å². The Morgan fingerprint density at radius 3 is 2.23 bits per heavy atom. The average Bonchev–Trinajstić information content (AvgIpc) is 2.30. The van der Waals surface area contributed by atoms with Crippen LogP contribution in [0.25, 0.3) is 26.4 Å². The number of ether oxygens (including phenoxy) is 3. The molecule has 2 aliphatic heterocycles. The number of nitrogens with one attached hydrogen (secondary N) is 1. The van der Waals surface area contributed by atoms with Crippen molar-refractivity contribution in [2.75, 3.05) is 84.8 Å². The van der Waals surface area contributed by atoms with E-state index in [1.54, 1.807) is 31.3 Å². The summed E-state index contributed by atoms with van der Waals surface area (Å²) < 4.78 is 93.6. The van der Waals surface area contributed by atoms with E-state index in [0.29, 0.717) is 114 Å². The van der Waals surface area contributed by atoms with Crippen molar-refractivity contribution in [3.63, 3.8) is 0 Å². The summed E-state index contributed by atoms with van der Waals surface area (Å²) in [5, 5.41) is 18.1. The fourth-order valence-corrected chi connectivity index (χ4v) is 12.8. The number of nitrogens with zero attached hydrogens (tertiary/aromatic N) is 4. The van der Waals surface area contributed by atoms with Gasteiger partial charge < -0.3 is 34.2 Å². The van der Waals surface area contributed by atoms with E-state index in [9.17, 15) is 35.5 Å². The fourth-order valence-electron chi connectivity index (χ4n) is 11.1. The molecule has 0 saturated carbocycles. The lowest BCUT2D eigenvalue weighted by Gasteiger charge is -2.27. The maximum atomic E-state index is 13.2. The molecule has 4 N–H and O–H groups in total. The minimum absolute atomic E-state index is 0.0670. The van der Waals surface area contributed by atoms with E-state index in [1.807, 2.05) is 25.2 Å². The lowest BCUT2D eigenvalue weighted by atomic mass is 9.78. The van der Waals surface area contributed by atoms with Gasteiger partial charge in [-0.05, 0) is 128 Å². The Balaban J connectivity index is 1.03. The van der Waals surface area contributed by atoms with Gasteiger partial charge in [-0.15, -0.1) is 4.33 Å². The molecular formula is C59H74N5O14S3+. The van der Waals surface area contributed by atoms with Crippen LogP contribution in [-0.4, -0.2) is 138 Å². The molecule has 0 aromatic heterocycles. The second-order valence-electron chi connectivity index (χ2n) is 21.4. The lowest BCUT2D eigenvalue weighted by molar-refractivity contribution is -0.432. The topological polar surface area (TPSA) is 235 Å². The SMILES string of the molecule is [C-]#[N+]CCCOCCOCCOCCCNC(=O)CN(C)C(=O)CCCCCN1/C(=C/C=C2C=C(/C=C/C3=[N+](C)c4ccc5ccc(S(=O)(=O)O)cc5c4C3(C)C)CCC/2)C(C)(C)c2c1ccc1c(S(=O)(=O)O)cc(SOOO)cc21. The highest BCUT2D eigenvalue weighted by Gasteiger charge is 2.45. The monoisotopic (exact) mass is 1170 g/mol. The van der Waals surface area contributed by atoms with Crippen molar-refractivity contribution < 1.29 is 68.9 Å². The van der Waals surface area contributed by atoms with Crippen molar-refractivity contribution >= 4 is 82.7 Å². The first-order valence-corrected chi connectivity index (χ1v) is 30.7. The van der Waals surface area contributed by atoms with E-state index < -0.39 is 31.1 Å². The zero-order valence-corrected chi connectivity index (χ0v) is 49.3. The molecule has 0 bridgehead atoms. The van der Waals surface area contributed by atoms with Crippen LogP contribution in [0, 0.1) is 6.57 Å². The number of likely N-dealkylation sites (N-methyl/N-ethyl adjacent to an activating group) is 1. The van der Waals surface area contributed by atoms with Crippen molar-refractivity contribution in [3.05, 3.63) is 124 Å². The number of unbranched alkanes of at least 4 members (excludes halogenated alkanes) is 2. The smallest absolute Gasteiger partial charge is 0.295 e. The summed E-state index contributed by atoms with van der Waals surface area (Å²) in [6.45, 7) is 19.3. The summed E-state index contributed by atoms with van der Waals surface area (Å²) in [6.07, 6.45) is 16.9. The number of hydrogen-bond acceptors (Lipinski definition) is 14. The first-order valence-electron chi connectivity index (χ1n) is 27.1. The van der Waals surface area contributed by atoms with Gasteiger partial charge in [0.15, 0.2) is 5.71 Å². The Bertz CT molecular complexity index is 3420. The van der Waals surface area contributed by atoms with E-state index in [2.05, 4.69) is 82.8 Å². The van der Waals surface area contributed by atoms with Gasteiger partial charge in [-0.3, -0.25) is 18.7 Å². The van der Waals surface area contributed by atoms with Crippen LogP contribution in [0.2, 0.25) is 0 Å². The number of fused-ring (bicyclic) bond motifs is 6. The summed E-state index contributed by atoms with van der Waals surface area (Å²) >= 11 is 0.591. The van der Waals surface area contributed by atoms with Gasteiger partial charge in [0.1, 0.15) is 11.9 Å². The van der Waals surface area contributed by atoms with Crippen LogP contribution >= 0.6 is 12.0 Å². The maximum absolute atomic E-state index is 13.2. The molecule has 0 spiro atoms. The summed E-state index contributed by atoms with van der Waals surface area (Å²) in [4.78, 5) is 32.6. The quantitative estimate of drug-likeness (QED) is 0.00753. The normalized spacial score (nSPS) is 16.9. The fraction of sp³-hybridized carbons (Fsp3) is 0.458. The number of amides is 2. The maximum Gasteiger partial charge on any atom is 0.295 e. The molecule has 0 fully saturated rings. The largest absolute Gasteiger partial charge is 0.379 e. The van der Waals surface area contributed by atoms with E-state index in [1.165, 1.54) is 17.0 Å². The van der Waals surface area contributed by atoms with Gasteiger partial charge in [0.2, 0.25) is 24.0 Å². The predicted octanol–water partition coefficient (Wildman–Crippen LogP) is 10.1. The second-order valence-corrected chi connectivity index (χ2v) is 25.0. The summed E-state index contributed by atoms with van der Waals surface area (Å²) in [5.41, 5.74) is 6.60. The molecule has 0 radical (unpaired) electrons. The van der Waals surface area contributed by atoms with E-state index in [0.717, 1.165) is 75.1 Å². The number of carbonyl (C=O) groups is 2. The van der Waals surface area contributed by atoms with E-state index in [4.69, 9.17) is 30.4 Å². The molecule has 436 valence electrons. The third-order valence-corrected chi connectivity index (χ3v) is 17.3. The third kappa shape index (κ3) is 15.6. The van der Waals surface area contributed by atoms with Crippen molar-refractivity contribution in [1.82, 2.24) is 10.2 Å². The van der Waals surface area contributed by atoms with Gasteiger partial charge in [-0.1, -0.05) is 55.7 Å². The Labute approximate surface area is 479 Å². The van der Waals surface area contributed by atoms with Crippen LogP contribution in [0.3, 0.4) is 0 Å². The molecule has 22 heteroatoms. The zero-order chi connectivity index (χ0) is 58.5. The number of carbonyl (C=O) groups excluding carboxylic acids is 2. The molecule has 19 nitrogen and oxygen atoms in total. The second kappa shape index (κ2) is 28.0. The van der Waals surface area contributed by atoms with Gasteiger partial charge >= 0.3 is 0 Å².